The number of carbonyl (C=O) groups excluding carboxylic acids is 2. The van der Waals surface area contributed by atoms with Crippen LogP contribution in [0.25, 0.3) is 11.4 Å². The molecule has 0 saturated carbocycles. The second-order valence-electron chi connectivity index (χ2n) is 6.47. The first-order valence-electron chi connectivity index (χ1n) is 9.00. The number of nitrogens with zero attached hydrogens (tertiary/aromatic N) is 5. The van der Waals surface area contributed by atoms with E-state index in [4.69, 9.17) is 4.74 Å². The van der Waals surface area contributed by atoms with Gasteiger partial charge in [-0.05, 0) is 56.2 Å². The summed E-state index contributed by atoms with van der Waals surface area (Å²) in [5.74, 6) is 0.104. The summed E-state index contributed by atoms with van der Waals surface area (Å²) in [4.78, 5) is 27.7. The van der Waals surface area contributed by atoms with Crippen molar-refractivity contribution in [3.63, 3.8) is 0 Å². The van der Waals surface area contributed by atoms with Gasteiger partial charge in [-0.1, -0.05) is 15.9 Å². The van der Waals surface area contributed by atoms with Crippen molar-refractivity contribution in [2.75, 3.05) is 19.7 Å². The van der Waals surface area contributed by atoms with Gasteiger partial charge in [-0.3, -0.25) is 9.59 Å². The van der Waals surface area contributed by atoms with Crippen molar-refractivity contribution < 1.29 is 14.3 Å². The molecule has 3 rings (SSSR count). The standard InChI is InChI=1S/C18H22BrN5O3/c1-3-27-18(26)14-8-10-23(11-9-14)17(25)12(2)24-21-16(20-22-24)13-4-6-15(19)7-5-13/h4-7,12,14H,3,8-11H2,1-2H3. The molecule has 2 aromatic rings. The van der Waals surface area contributed by atoms with E-state index in [0.717, 1.165) is 10.0 Å². The average molecular weight is 436 g/mol. The van der Waals surface area contributed by atoms with E-state index in [-0.39, 0.29) is 17.8 Å². The molecule has 0 N–H and O–H groups in total. The van der Waals surface area contributed by atoms with Crippen molar-refractivity contribution >= 4 is 27.8 Å². The zero-order valence-corrected chi connectivity index (χ0v) is 16.9. The van der Waals surface area contributed by atoms with Crippen molar-refractivity contribution in [2.45, 2.75) is 32.7 Å². The normalized spacial score (nSPS) is 16.2. The summed E-state index contributed by atoms with van der Waals surface area (Å²) in [6.45, 7) is 4.99. The molecule has 1 fully saturated rings. The van der Waals surface area contributed by atoms with E-state index in [9.17, 15) is 9.59 Å². The number of rotatable bonds is 5. The molecule has 1 aliphatic heterocycles. The molecule has 27 heavy (non-hydrogen) atoms. The van der Waals surface area contributed by atoms with Crippen LogP contribution in [0.3, 0.4) is 0 Å². The van der Waals surface area contributed by atoms with Crippen molar-refractivity contribution in [3.05, 3.63) is 28.7 Å². The van der Waals surface area contributed by atoms with Crippen molar-refractivity contribution in [3.8, 4) is 11.4 Å². The first-order valence-corrected chi connectivity index (χ1v) is 9.79. The molecule has 1 aromatic carbocycles. The number of hydrogen-bond acceptors (Lipinski definition) is 6. The summed E-state index contributed by atoms with van der Waals surface area (Å²) in [5.41, 5.74) is 0.833. The number of likely N-dealkylation sites (tertiary alicyclic amines) is 1. The predicted octanol–water partition coefficient (Wildman–Crippen LogP) is 2.47. The van der Waals surface area contributed by atoms with Gasteiger partial charge in [-0.2, -0.15) is 4.80 Å². The number of ether oxygens (including phenoxy) is 1. The number of piperidine rings is 1. The highest BCUT2D eigenvalue weighted by molar-refractivity contribution is 9.10. The highest BCUT2D eigenvalue weighted by Gasteiger charge is 2.31. The van der Waals surface area contributed by atoms with Crippen LogP contribution in [0.2, 0.25) is 0 Å². The lowest BCUT2D eigenvalue weighted by atomic mass is 9.96. The Morgan fingerprint density at radius 1 is 1.26 bits per heavy atom. The number of halogens is 1. The van der Waals surface area contributed by atoms with E-state index >= 15 is 0 Å². The van der Waals surface area contributed by atoms with E-state index < -0.39 is 6.04 Å². The molecule has 1 amide bonds. The van der Waals surface area contributed by atoms with Gasteiger partial charge >= 0.3 is 5.97 Å². The lowest BCUT2D eigenvalue weighted by Gasteiger charge is -2.32. The molecule has 0 radical (unpaired) electrons. The third-order valence-electron chi connectivity index (χ3n) is 4.66. The van der Waals surface area contributed by atoms with Crippen LogP contribution in [0.15, 0.2) is 28.7 Å². The fourth-order valence-electron chi connectivity index (χ4n) is 3.06. The Hall–Kier alpha value is -2.29. The molecule has 2 heterocycles. The number of hydrogen-bond donors (Lipinski definition) is 0. The molecule has 1 unspecified atom stereocenters. The summed E-state index contributed by atoms with van der Waals surface area (Å²) < 4.78 is 6.03. The molecule has 144 valence electrons. The molecule has 0 aliphatic carbocycles. The number of benzene rings is 1. The predicted molar refractivity (Wildman–Crippen MR) is 102 cm³/mol. The topological polar surface area (TPSA) is 90.2 Å². The van der Waals surface area contributed by atoms with E-state index in [1.54, 1.807) is 18.7 Å². The SMILES string of the molecule is CCOC(=O)C1CCN(C(=O)C(C)n2nnc(-c3ccc(Br)cc3)n2)CC1. The Morgan fingerprint density at radius 2 is 1.93 bits per heavy atom. The molecule has 0 spiro atoms. The third-order valence-corrected chi connectivity index (χ3v) is 5.19. The van der Waals surface area contributed by atoms with Crippen LogP contribution in [0, 0.1) is 5.92 Å². The van der Waals surface area contributed by atoms with Gasteiger partial charge in [0.1, 0.15) is 6.04 Å². The summed E-state index contributed by atoms with van der Waals surface area (Å²) >= 11 is 3.39. The Balaban J connectivity index is 1.61. The molecule has 9 heteroatoms. The molecule has 1 saturated heterocycles. The third kappa shape index (κ3) is 4.52. The highest BCUT2D eigenvalue weighted by Crippen LogP contribution is 2.22. The highest BCUT2D eigenvalue weighted by atomic mass is 79.9. The number of aromatic nitrogens is 4. The summed E-state index contributed by atoms with van der Waals surface area (Å²) in [5, 5.41) is 12.4. The summed E-state index contributed by atoms with van der Waals surface area (Å²) in [7, 11) is 0. The fraction of sp³-hybridized carbons (Fsp3) is 0.500. The molecular formula is C18H22BrN5O3. The van der Waals surface area contributed by atoms with Crippen LogP contribution in [0.1, 0.15) is 32.7 Å². The quantitative estimate of drug-likeness (QED) is 0.669. The lowest BCUT2D eigenvalue weighted by molar-refractivity contribution is -0.151. The van der Waals surface area contributed by atoms with Crippen LogP contribution in [0.5, 0.6) is 0 Å². The minimum Gasteiger partial charge on any atom is -0.466 e. The minimum atomic E-state index is -0.555. The molecule has 1 aromatic heterocycles. The fourth-order valence-corrected chi connectivity index (χ4v) is 3.33. The summed E-state index contributed by atoms with van der Waals surface area (Å²) in [6, 6.07) is 7.02. The van der Waals surface area contributed by atoms with Gasteiger partial charge in [0.25, 0.3) is 0 Å². The molecular weight excluding hydrogens is 414 g/mol. The minimum absolute atomic E-state index is 0.0722. The van der Waals surface area contributed by atoms with Gasteiger partial charge in [0, 0.05) is 23.1 Å². The second kappa shape index (κ2) is 8.60. The number of esters is 1. The maximum Gasteiger partial charge on any atom is 0.309 e. The van der Waals surface area contributed by atoms with Crippen LogP contribution < -0.4 is 0 Å². The molecule has 1 atom stereocenters. The van der Waals surface area contributed by atoms with Gasteiger partial charge in [0.2, 0.25) is 11.7 Å². The van der Waals surface area contributed by atoms with E-state index in [1.807, 2.05) is 24.3 Å². The van der Waals surface area contributed by atoms with Gasteiger partial charge < -0.3 is 9.64 Å². The van der Waals surface area contributed by atoms with Gasteiger partial charge in [0.15, 0.2) is 0 Å². The monoisotopic (exact) mass is 435 g/mol. The van der Waals surface area contributed by atoms with Crippen LogP contribution in [-0.2, 0) is 14.3 Å². The molecule has 1 aliphatic rings. The number of amides is 1. The van der Waals surface area contributed by atoms with Crippen molar-refractivity contribution in [1.29, 1.82) is 0 Å². The second-order valence-corrected chi connectivity index (χ2v) is 7.38. The Morgan fingerprint density at radius 3 is 2.56 bits per heavy atom. The smallest absolute Gasteiger partial charge is 0.309 e. The maximum absolute atomic E-state index is 12.8. The lowest BCUT2D eigenvalue weighted by Crippen LogP contribution is -2.43. The van der Waals surface area contributed by atoms with Crippen molar-refractivity contribution in [2.24, 2.45) is 5.92 Å². The van der Waals surface area contributed by atoms with Gasteiger partial charge in [-0.25, -0.2) is 0 Å². The average Bonchev–Trinajstić information content (AvgIpc) is 3.18. The zero-order valence-electron chi connectivity index (χ0n) is 15.3. The van der Waals surface area contributed by atoms with Crippen LogP contribution in [0.4, 0.5) is 0 Å². The molecule has 0 bridgehead atoms. The zero-order chi connectivity index (χ0) is 19.4. The van der Waals surface area contributed by atoms with Crippen LogP contribution >= 0.6 is 15.9 Å². The molecule has 8 nitrogen and oxygen atoms in total. The Labute approximate surface area is 166 Å². The van der Waals surface area contributed by atoms with Gasteiger partial charge in [0.05, 0.1) is 12.5 Å². The van der Waals surface area contributed by atoms with Gasteiger partial charge in [-0.15, -0.1) is 10.2 Å². The van der Waals surface area contributed by atoms with Crippen LogP contribution in [-0.4, -0.2) is 56.7 Å². The summed E-state index contributed by atoms with van der Waals surface area (Å²) in [6.07, 6.45) is 1.23. The number of carbonyl (C=O) groups is 2. The number of tetrazole rings is 1. The first-order chi connectivity index (χ1) is 13.0. The Bertz CT molecular complexity index is 800. The maximum atomic E-state index is 12.8. The largest absolute Gasteiger partial charge is 0.466 e. The first kappa shape index (κ1) is 19.5. The van der Waals surface area contributed by atoms with E-state index in [1.165, 1.54) is 4.80 Å². The van der Waals surface area contributed by atoms with Crippen molar-refractivity contribution in [1.82, 2.24) is 25.1 Å². The Kier molecular flexibility index (Phi) is 6.20. The van der Waals surface area contributed by atoms with E-state index in [2.05, 4.69) is 31.3 Å². The van der Waals surface area contributed by atoms with E-state index in [0.29, 0.717) is 38.4 Å².